The molecule has 0 bridgehead atoms. The first-order valence-corrected chi connectivity index (χ1v) is 10.6. The van der Waals surface area contributed by atoms with Crippen molar-refractivity contribution in [1.29, 1.82) is 0 Å². The summed E-state index contributed by atoms with van der Waals surface area (Å²) >= 11 is 0. The summed E-state index contributed by atoms with van der Waals surface area (Å²) in [6, 6.07) is 3.32. The summed E-state index contributed by atoms with van der Waals surface area (Å²) in [6.45, 7) is 2.16. The van der Waals surface area contributed by atoms with Crippen molar-refractivity contribution in [1.82, 2.24) is 19.9 Å². The molecule has 7 nitrogen and oxygen atoms in total. The number of hydrogen-bond donors (Lipinski definition) is 1. The number of pyridine rings is 1. The molecule has 2 saturated heterocycles. The second-order valence-electron chi connectivity index (χ2n) is 8.25. The van der Waals surface area contributed by atoms with Gasteiger partial charge >= 0.3 is 6.18 Å². The average Bonchev–Trinajstić information content (AvgIpc) is 3.11. The summed E-state index contributed by atoms with van der Waals surface area (Å²) in [6.07, 6.45) is -5.57. The predicted molar refractivity (Wildman–Crippen MR) is 111 cm³/mol. The van der Waals surface area contributed by atoms with Gasteiger partial charge in [0.1, 0.15) is 11.6 Å². The van der Waals surface area contributed by atoms with Crippen molar-refractivity contribution < 1.29 is 26.7 Å². The number of likely N-dealkylation sites (tertiary alicyclic amines) is 1. The van der Waals surface area contributed by atoms with Crippen LogP contribution in [0.3, 0.4) is 0 Å². The van der Waals surface area contributed by atoms with Crippen LogP contribution in [0.25, 0.3) is 0 Å². The number of alkyl halides is 5. The Kier molecular flexibility index (Phi) is 6.35. The summed E-state index contributed by atoms with van der Waals surface area (Å²) in [5.74, 6) is 0.143. The van der Waals surface area contributed by atoms with E-state index in [0.29, 0.717) is 31.6 Å². The van der Waals surface area contributed by atoms with Gasteiger partial charge in [-0.25, -0.2) is 18.7 Å². The Labute approximate surface area is 187 Å². The molecule has 0 aromatic carbocycles. The molecule has 0 saturated carbocycles. The summed E-state index contributed by atoms with van der Waals surface area (Å²) in [5, 5.41) is 2.77. The summed E-state index contributed by atoms with van der Waals surface area (Å²) in [5.41, 5.74) is -0.276. The Balaban J connectivity index is 1.63. The second-order valence-corrected chi connectivity index (χ2v) is 8.25. The average molecular weight is 470 g/mol. The Bertz CT molecular complexity index is 1000. The Hall–Kier alpha value is -3.05. The maximum atomic E-state index is 13.8. The normalized spacial score (nSPS) is 22.0. The number of anilines is 3. The van der Waals surface area contributed by atoms with Gasteiger partial charge in [0.2, 0.25) is 11.9 Å². The molecule has 2 unspecified atom stereocenters. The second kappa shape index (κ2) is 9.06. The van der Waals surface area contributed by atoms with Crippen LogP contribution in [0.2, 0.25) is 0 Å². The lowest BCUT2D eigenvalue weighted by Crippen LogP contribution is -2.36. The van der Waals surface area contributed by atoms with Gasteiger partial charge in [-0.2, -0.15) is 18.2 Å². The Morgan fingerprint density at radius 2 is 1.73 bits per heavy atom. The molecule has 4 heterocycles. The van der Waals surface area contributed by atoms with Crippen molar-refractivity contribution in [3.05, 3.63) is 35.7 Å². The van der Waals surface area contributed by atoms with Gasteiger partial charge in [-0.1, -0.05) is 0 Å². The van der Waals surface area contributed by atoms with E-state index in [0.717, 1.165) is 18.3 Å². The molecule has 178 valence electrons. The molecule has 1 amide bonds. The van der Waals surface area contributed by atoms with Crippen LogP contribution in [0.15, 0.2) is 24.4 Å². The van der Waals surface area contributed by atoms with Crippen LogP contribution in [0.4, 0.5) is 39.5 Å². The highest BCUT2D eigenvalue weighted by atomic mass is 19.4. The molecule has 0 aliphatic carbocycles. The number of piperidine rings is 1. The van der Waals surface area contributed by atoms with Crippen molar-refractivity contribution >= 4 is 23.5 Å². The molecule has 2 fully saturated rings. The van der Waals surface area contributed by atoms with Gasteiger partial charge in [0, 0.05) is 38.2 Å². The van der Waals surface area contributed by atoms with E-state index >= 15 is 0 Å². The Morgan fingerprint density at radius 1 is 1.06 bits per heavy atom. The summed E-state index contributed by atoms with van der Waals surface area (Å²) < 4.78 is 66.7. The maximum absolute atomic E-state index is 13.8. The molecule has 0 spiro atoms. The maximum Gasteiger partial charge on any atom is 0.416 e. The molecule has 2 atom stereocenters. The minimum absolute atomic E-state index is 0.0187. The monoisotopic (exact) mass is 470 g/mol. The number of halogens is 5. The zero-order chi connectivity index (χ0) is 23.8. The SMILES string of the molecule is CC(=O)N1CCC(c2cc(Nc3cc(C(F)(F)F)ccn3)nc(N3CC(F)C(F)C3)n2)CC1. The third kappa shape index (κ3) is 5.31. The van der Waals surface area contributed by atoms with Crippen LogP contribution >= 0.6 is 0 Å². The minimum atomic E-state index is -4.53. The van der Waals surface area contributed by atoms with Crippen molar-refractivity contribution in [2.24, 2.45) is 0 Å². The fraction of sp³-hybridized carbons (Fsp3) is 0.524. The first kappa shape index (κ1) is 23.1. The first-order chi connectivity index (χ1) is 15.6. The van der Waals surface area contributed by atoms with Gasteiger partial charge in [-0.05, 0) is 25.0 Å². The van der Waals surface area contributed by atoms with E-state index in [1.807, 2.05) is 0 Å². The third-order valence-corrected chi connectivity index (χ3v) is 5.90. The van der Waals surface area contributed by atoms with Crippen molar-refractivity contribution in [3.8, 4) is 0 Å². The van der Waals surface area contributed by atoms with Gasteiger partial charge in [0.05, 0.1) is 24.3 Å². The molecule has 2 aromatic rings. The van der Waals surface area contributed by atoms with E-state index in [2.05, 4.69) is 20.3 Å². The van der Waals surface area contributed by atoms with E-state index in [-0.39, 0.29) is 42.5 Å². The van der Waals surface area contributed by atoms with Gasteiger partial charge in [0.15, 0.2) is 12.3 Å². The van der Waals surface area contributed by atoms with Gasteiger partial charge in [-0.15, -0.1) is 0 Å². The van der Waals surface area contributed by atoms with Gasteiger partial charge in [0.25, 0.3) is 0 Å². The Morgan fingerprint density at radius 3 is 2.33 bits per heavy atom. The van der Waals surface area contributed by atoms with Crippen LogP contribution in [0.1, 0.15) is 36.9 Å². The topological polar surface area (TPSA) is 74.2 Å². The van der Waals surface area contributed by atoms with E-state index in [4.69, 9.17) is 0 Å². The fourth-order valence-corrected chi connectivity index (χ4v) is 4.05. The number of hydrogen-bond acceptors (Lipinski definition) is 6. The number of nitrogens with zero attached hydrogens (tertiary/aromatic N) is 5. The lowest BCUT2D eigenvalue weighted by Gasteiger charge is -2.31. The lowest BCUT2D eigenvalue weighted by atomic mass is 9.93. The molecule has 0 radical (unpaired) electrons. The molecular weight excluding hydrogens is 447 g/mol. The van der Waals surface area contributed by atoms with Gasteiger partial charge < -0.3 is 15.1 Å². The number of carbonyl (C=O) groups excluding carboxylic acids is 1. The van der Waals surface area contributed by atoms with E-state index < -0.39 is 24.1 Å². The van der Waals surface area contributed by atoms with E-state index in [1.165, 1.54) is 11.8 Å². The lowest BCUT2D eigenvalue weighted by molar-refractivity contribution is -0.137. The van der Waals surface area contributed by atoms with E-state index in [9.17, 15) is 26.7 Å². The number of nitrogens with one attached hydrogen (secondary N) is 1. The predicted octanol–water partition coefficient (Wildman–Crippen LogP) is 3.86. The van der Waals surface area contributed by atoms with Crippen LogP contribution in [-0.4, -0.2) is 64.3 Å². The van der Waals surface area contributed by atoms with Crippen LogP contribution in [-0.2, 0) is 11.0 Å². The smallest absolute Gasteiger partial charge is 0.343 e. The molecule has 4 rings (SSSR count). The fourth-order valence-electron chi connectivity index (χ4n) is 4.05. The summed E-state index contributed by atoms with van der Waals surface area (Å²) in [7, 11) is 0. The number of aromatic nitrogens is 3. The highest BCUT2D eigenvalue weighted by Gasteiger charge is 2.35. The largest absolute Gasteiger partial charge is 0.416 e. The standard InChI is InChI=1S/C21H23F5N6O/c1-12(33)31-6-3-13(4-7-31)17-9-19(29-18-8-14(2-5-27-18)21(24,25)26)30-20(28-17)32-10-15(22)16(23)11-32/h2,5,8-9,13,15-16H,3-4,6-7,10-11H2,1H3,(H,27,28,29,30). The zero-order valence-electron chi connectivity index (χ0n) is 17.8. The zero-order valence-corrected chi connectivity index (χ0v) is 17.8. The van der Waals surface area contributed by atoms with Crippen LogP contribution in [0, 0.1) is 0 Å². The van der Waals surface area contributed by atoms with Gasteiger partial charge in [-0.3, -0.25) is 4.79 Å². The molecule has 33 heavy (non-hydrogen) atoms. The summed E-state index contributed by atoms with van der Waals surface area (Å²) in [4.78, 5) is 27.5. The minimum Gasteiger partial charge on any atom is -0.343 e. The van der Waals surface area contributed by atoms with E-state index in [1.54, 1.807) is 11.0 Å². The first-order valence-electron chi connectivity index (χ1n) is 10.6. The number of carbonyl (C=O) groups is 1. The quantitative estimate of drug-likeness (QED) is 0.685. The third-order valence-electron chi connectivity index (χ3n) is 5.90. The molecule has 1 N–H and O–H groups in total. The molecule has 2 aliphatic rings. The molecule has 2 aromatic heterocycles. The molecular formula is C21H23F5N6O. The molecule has 12 heteroatoms. The highest BCUT2D eigenvalue weighted by molar-refractivity contribution is 5.73. The van der Waals surface area contributed by atoms with Crippen molar-refractivity contribution in [3.63, 3.8) is 0 Å². The highest BCUT2D eigenvalue weighted by Crippen LogP contribution is 2.33. The molecule has 2 aliphatic heterocycles. The number of amides is 1. The van der Waals surface area contributed by atoms with Crippen molar-refractivity contribution in [2.45, 2.75) is 44.2 Å². The van der Waals surface area contributed by atoms with Crippen LogP contribution < -0.4 is 10.2 Å². The van der Waals surface area contributed by atoms with Crippen molar-refractivity contribution in [2.75, 3.05) is 36.4 Å². The van der Waals surface area contributed by atoms with Crippen LogP contribution in [0.5, 0.6) is 0 Å². The number of rotatable bonds is 4.